The second kappa shape index (κ2) is 5.13. The monoisotopic (exact) mass is 290 g/mol. The highest BCUT2D eigenvalue weighted by Crippen LogP contribution is 2.27. The summed E-state index contributed by atoms with van der Waals surface area (Å²) in [6.07, 6.45) is 0.741. The van der Waals surface area contributed by atoms with Crippen LogP contribution >= 0.6 is 0 Å². The van der Waals surface area contributed by atoms with Gasteiger partial charge in [-0.3, -0.25) is 4.79 Å². The number of benzene rings is 1. The maximum Gasteiger partial charge on any atom is 0.326 e. The standard InChI is InChI=1S/C15H18N2O4/c16-15(5-6-21-9-15)14(20)17-8-11-4-2-1-3-10(11)7-12(17)13(18)19/h1-4,12H,5-9,16H2,(H,18,19)/t12-,15?/m1/s1. The molecule has 0 bridgehead atoms. The summed E-state index contributed by atoms with van der Waals surface area (Å²) in [5.41, 5.74) is 6.96. The maximum atomic E-state index is 12.7. The third kappa shape index (κ3) is 2.41. The van der Waals surface area contributed by atoms with E-state index in [1.807, 2.05) is 24.3 Å². The van der Waals surface area contributed by atoms with Crippen molar-refractivity contribution in [3.05, 3.63) is 35.4 Å². The summed E-state index contributed by atoms with van der Waals surface area (Å²) in [5.74, 6) is -1.33. The molecule has 1 aromatic rings. The molecule has 6 nitrogen and oxygen atoms in total. The minimum absolute atomic E-state index is 0.149. The lowest BCUT2D eigenvalue weighted by molar-refractivity contribution is -0.154. The van der Waals surface area contributed by atoms with Gasteiger partial charge in [0.05, 0.1) is 6.61 Å². The van der Waals surface area contributed by atoms with E-state index in [1.165, 1.54) is 4.90 Å². The molecule has 0 saturated carbocycles. The van der Waals surface area contributed by atoms with Crippen molar-refractivity contribution in [1.82, 2.24) is 4.90 Å². The van der Waals surface area contributed by atoms with Crippen LogP contribution < -0.4 is 5.73 Å². The Kier molecular flexibility index (Phi) is 3.43. The molecular formula is C15H18N2O4. The number of fused-ring (bicyclic) bond motifs is 1. The molecule has 3 N–H and O–H groups in total. The van der Waals surface area contributed by atoms with Crippen LogP contribution in [0.1, 0.15) is 17.5 Å². The molecule has 0 spiro atoms. The van der Waals surface area contributed by atoms with Crippen LogP contribution in [0.4, 0.5) is 0 Å². The summed E-state index contributed by atoms with van der Waals surface area (Å²) in [4.78, 5) is 25.6. The quantitative estimate of drug-likeness (QED) is 0.808. The number of hydrogen-bond donors (Lipinski definition) is 2. The van der Waals surface area contributed by atoms with Gasteiger partial charge in [0.15, 0.2) is 0 Å². The summed E-state index contributed by atoms with van der Waals surface area (Å²) in [6.45, 7) is 0.867. The number of carbonyl (C=O) groups is 2. The normalized spacial score (nSPS) is 28.2. The predicted octanol–water partition coefficient (Wildman–Crippen LogP) is 0.142. The third-order valence-electron chi connectivity index (χ3n) is 4.27. The van der Waals surface area contributed by atoms with E-state index < -0.39 is 17.6 Å². The second-order valence-electron chi connectivity index (χ2n) is 5.72. The first kappa shape index (κ1) is 14.0. The molecule has 3 rings (SSSR count). The fourth-order valence-corrected chi connectivity index (χ4v) is 2.99. The van der Waals surface area contributed by atoms with Gasteiger partial charge in [-0.2, -0.15) is 0 Å². The van der Waals surface area contributed by atoms with E-state index in [0.717, 1.165) is 11.1 Å². The average molecular weight is 290 g/mol. The van der Waals surface area contributed by atoms with Gasteiger partial charge in [0.25, 0.3) is 0 Å². The van der Waals surface area contributed by atoms with Crippen molar-refractivity contribution in [2.24, 2.45) is 5.73 Å². The summed E-state index contributed by atoms with van der Waals surface area (Å²) < 4.78 is 5.22. The Bertz CT molecular complexity index is 581. The number of nitrogens with two attached hydrogens (primary N) is 1. The molecule has 0 radical (unpaired) electrons. The molecule has 1 aromatic carbocycles. The molecule has 2 heterocycles. The molecule has 112 valence electrons. The number of ether oxygens (including phenoxy) is 1. The van der Waals surface area contributed by atoms with Crippen LogP contribution in [0, 0.1) is 0 Å². The molecule has 2 aliphatic heterocycles. The molecule has 1 saturated heterocycles. The van der Waals surface area contributed by atoms with E-state index in [-0.39, 0.29) is 19.1 Å². The van der Waals surface area contributed by atoms with Gasteiger partial charge in [-0.05, 0) is 17.5 Å². The largest absolute Gasteiger partial charge is 0.480 e. The number of aliphatic carboxylic acids is 1. The van der Waals surface area contributed by atoms with E-state index in [4.69, 9.17) is 10.5 Å². The smallest absolute Gasteiger partial charge is 0.326 e. The van der Waals surface area contributed by atoms with E-state index >= 15 is 0 Å². The van der Waals surface area contributed by atoms with E-state index in [0.29, 0.717) is 19.4 Å². The molecule has 6 heteroatoms. The van der Waals surface area contributed by atoms with E-state index in [9.17, 15) is 14.7 Å². The van der Waals surface area contributed by atoms with Crippen LogP contribution in [0.2, 0.25) is 0 Å². The Morgan fingerprint density at radius 2 is 2.05 bits per heavy atom. The lowest BCUT2D eigenvalue weighted by Crippen LogP contribution is -2.60. The number of amides is 1. The van der Waals surface area contributed by atoms with Crippen LogP contribution in [-0.4, -0.2) is 46.7 Å². The fraction of sp³-hybridized carbons (Fsp3) is 0.467. The van der Waals surface area contributed by atoms with Crippen LogP contribution in [0.15, 0.2) is 24.3 Å². The molecule has 2 atom stereocenters. The number of rotatable bonds is 2. The van der Waals surface area contributed by atoms with Crippen molar-refractivity contribution in [2.45, 2.75) is 31.0 Å². The zero-order chi connectivity index (χ0) is 15.0. The number of hydrogen-bond acceptors (Lipinski definition) is 4. The summed E-state index contributed by atoms with van der Waals surface area (Å²) >= 11 is 0. The molecule has 1 fully saturated rings. The number of carbonyl (C=O) groups excluding carboxylic acids is 1. The van der Waals surface area contributed by atoms with Crippen LogP contribution in [0.25, 0.3) is 0 Å². The van der Waals surface area contributed by atoms with E-state index in [2.05, 4.69) is 0 Å². The van der Waals surface area contributed by atoms with Crippen molar-refractivity contribution in [3.8, 4) is 0 Å². The van der Waals surface area contributed by atoms with Crippen LogP contribution in [0.5, 0.6) is 0 Å². The van der Waals surface area contributed by atoms with Crippen molar-refractivity contribution >= 4 is 11.9 Å². The molecule has 21 heavy (non-hydrogen) atoms. The maximum absolute atomic E-state index is 12.7. The van der Waals surface area contributed by atoms with Crippen LogP contribution in [-0.2, 0) is 27.3 Å². The van der Waals surface area contributed by atoms with Crippen molar-refractivity contribution in [2.75, 3.05) is 13.2 Å². The van der Waals surface area contributed by atoms with Gasteiger partial charge in [0.2, 0.25) is 5.91 Å². The first-order valence-corrected chi connectivity index (χ1v) is 6.98. The SMILES string of the molecule is NC1(C(=O)N2Cc3ccccc3C[C@@H]2C(=O)O)CCOC1. The van der Waals surface area contributed by atoms with Gasteiger partial charge >= 0.3 is 5.97 Å². The fourth-order valence-electron chi connectivity index (χ4n) is 2.99. The molecular weight excluding hydrogens is 272 g/mol. The molecule has 1 amide bonds. The third-order valence-corrected chi connectivity index (χ3v) is 4.27. The first-order chi connectivity index (χ1) is 10.0. The van der Waals surface area contributed by atoms with E-state index in [1.54, 1.807) is 0 Å². The van der Waals surface area contributed by atoms with Gasteiger partial charge in [0, 0.05) is 19.6 Å². The second-order valence-corrected chi connectivity index (χ2v) is 5.72. The Labute approximate surface area is 122 Å². The topological polar surface area (TPSA) is 92.9 Å². The lowest BCUT2D eigenvalue weighted by Gasteiger charge is -2.38. The molecule has 0 aliphatic carbocycles. The van der Waals surface area contributed by atoms with Gasteiger partial charge in [-0.25, -0.2) is 4.79 Å². The van der Waals surface area contributed by atoms with Crippen LogP contribution in [0.3, 0.4) is 0 Å². The number of nitrogens with zero attached hydrogens (tertiary/aromatic N) is 1. The zero-order valence-corrected chi connectivity index (χ0v) is 11.6. The summed E-state index contributed by atoms with van der Waals surface area (Å²) in [7, 11) is 0. The van der Waals surface area contributed by atoms with Crippen molar-refractivity contribution in [3.63, 3.8) is 0 Å². The minimum Gasteiger partial charge on any atom is -0.480 e. The molecule has 0 aromatic heterocycles. The van der Waals surface area contributed by atoms with Gasteiger partial charge < -0.3 is 20.5 Å². The first-order valence-electron chi connectivity index (χ1n) is 6.98. The molecule has 1 unspecified atom stereocenters. The summed E-state index contributed by atoms with van der Waals surface area (Å²) in [5, 5.41) is 9.44. The number of carboxylic acids is 1. The Morgan fingerprint density at radius 1 is 1.33 bits per heavy atom. The van der Waals surface area contributed by atoms with Gasteiger partial charge in [-0.15, -0.1) is 0 Å². The Balaban J connectivity index is 1.92. The highest BCUT2D eigenvalue weighted by molar-refractivity contribution is 5.91. The van der Waals surface area contributed by atoms with Crippen molar-refractivity contribution in [1.29, 1.82) is 0 Å². The van der Waals surface area contributed by atoms with Gasteiger partial charge in [0.1, 0.15) is 11.6 Å². The Hall–Kier alpha value is -1.92. The van der Waals surface area contributed by atoms with Crippen molar-refractivity contribution < 1.29 is 19.4 Å². The zero-order valence-electron chi connectivity index (χ0n) is 11.6. The van der Waals surface area contributed by atoms with Gasteiger partial charge in [-0.1, -0.05) is 24.3 Å². The highest BCUT2D eigenvalue weighted by Gasteiger charge is 2.45. The lowest BCUT2D eigenvalue weighted by atomic mass is 9.90. The summed E-state index contributed by atoms with van der Waals surface area (Å²) in [6, 6.07) is 6.73. The molecule has 2 aliphatic rings. The predicted molar refractivity (Wildman–Crippen MR) is 74.5 cm³/mol. The average Bonchev–Trinajstić information content (AvgIpc) is 2.93. The number of carboxylic acid groups (broad SMARTS) is 1. The highest BCUT2D eigenvalue weighted by atomic mass is 16.5. The minimum atomic E-state index is -1.10. The Morgan fingerprint density at radius 3 is 2.67 bits per heavy atom.